The van der Waals surface area contributed by atoms with Crippen LogP contribution < -0.4 is 5.32 Å². The topological polar surface area (TPSA) is 42.7 Å². The highest BCUT2D eigenvalue weighted by Gasteiger charge is 2.19. The lowest BCUT2D eigenvalue weighted by Crippen LogP contribution is -2.24. The number of aryl methyl sites for hydroxylation is 2. The minimum Gasteiger partial charge on any atom is -0.309 e. The van der Waals surface area contributed by atoms with E-state index >= 15 is 0 Å². The van der Waals surface area contributed by atoms with Gasteiger partial charge in [-0.2, -0.15) is 5.10 Å². The van der Waals surface area contributed by atoms with Crippen molar-refractivity contribution in [2.75, 3.05) is 6.54 Å². The number of rotatable bonds is 6. The van der Waals surface area contributed by atoms with Gasteiger partial charge in [-0.1, -0.05) is 18.5 Å². The lowest BCUT2D eigenvalue weighted by Gasteiger charge is -2.17. The fourth-order valence-corrected chi connectivity index (χ4v) is 3.02. The summed E-state index contributed by atoms with van der Waals surface area (Å²) in [6.45, 7) is 5.09. The van der Waals surface area contributed by atoms with Gasteiger partial charge in [0.2, 0.25) is 0 Å². The first-order valence-corrected chi connectivity index (χ1v) is 7.69. The summed E-state index contributed by atoms with van der Waals surface area (Å²) in [6, 6.07) is 0.250. The van der Waals surface area contributed by atoms with Crippen LogP contribution in [0, 0.1) is 6.92 Å². The van der Waals surface area contributed by atoms with Crippen LogP contribution >= 0.6 is 22.9 Å². The number of halogens is 1. The molecule has 2 aromatic heterocycles. The summed E-state index contributed by atoms with van der Waals surface area (Å²) >= 11 is 8.00. The Balaban J connectivity index is 2.20. The zero-order chi connectivity index (χ0) is 13.8. The molecule has 2 aromatic rings. The number of nitrogens with one attached hydrogen (secondary N) is 1. The molecule has 6 heteroatoms. The predicted molar refractivity (Wildman–Crippen MR) is 79.8 cm³/mol. The molecule has 0 aromatic carbocycles. The summed E-state index contributed by atoms with van der Waals surface area (Å²) < 4.78 is 1.87. The average molecular weight is 299 g/mol. The zero-order valence-electron chi connectivity index (χ0n) is 11.5. The number of hydrogen-bond acceptors (Lipinski definition) is 4. The minimum absolute atomic E-state index is 0.250. The Bertz CT molecular complexity index is 521. The summed E-state index contributed by atoms with van der Waals surface area (Å²) in [6.07, 6.45) is 3.86. The number of aromatic nitrogens is 3. The van der Waals surface area contributed by atoms with Crippen LogP contribution in [0.15, 0.2) is 11.7 Å². The van der Waals surface area contributed by atoms with E-state index in [2.05, 4.69) is 22.3 Å². The van der Waals surface area contributed by atoms with E-state index in [1.807, 2.05) is 30.4 Å². The molecule has 0 bridgehead atoms. The Morgan fingerprint density at radius 2 is 2.32 bits per heavy atom. The van der Waals surface area contributed by atoms with Crippen LogP contribution in [-0.2, 0) is 13.5 Å². The van der Waals surface area contributed by atoms with Gasteiger partial charge in [0, 0.05) is 30.6 Å². The summed E-state index contributed by atoms with van der Waals surface area (Å²) in [5, 5.41) is 8.70. The molecule has 0 aliphatic heterocycles. The first-order valence-electron chi connectivity index (χ1n) is 6.43. The standard InChI is InChI=1S/C13H19ClN4S/c1-4-5-16-10(12-7-15-8-19-12)6-11-13(14)9(2)17-18(11)3/h7-8,10,16H,4-6H2,1-3H3. The molecule has 4 nitrogen and oxygen atoms in total. The molecule has 1 N–H and O–H groups in total. The van der Waals surface area contributed by atoms with E-state index < -0.39 is 0 Å². The van der Waals surface area contributed by atoms with Gasteiger partial charge in [0.1, 0.15) is 0 Å². The second kappa shape index (κ2) is 6.50. The highest BCUT2D eigenvalue weighted by atomic mass is 35.5. The van der Waals surface area contributed by atoms with Crippen molar-refractivity contribution in [2.45, 2.75) is 32.7 Å². The molecule has 2 heterocycles. The monoisotopic (exact) mass is 298 g/mol. The molecule has 2 rings (SSSR count). The van der Waals surface area contributed by atoms with Gasteiger partial charge < -0.3 is 5.32 Å². The minimum atomic E-state index is 0.250. The quantitative estimate of drug-likeness (QED) is 0.891. The molecule has 19 heavy (non-hydrogen) atoms. The highest BCUT2D eigenvalue weighted by molar-refractivity contribution is 7.09. The molecule has 0 radical (unpaired) electrons. The maximum Gasteiger partial charge on any atom is 0.0847 e. The van der Waals surface area contributed by atoms with Crippen molar-refractivity contribution in [3.05, 3.63) is 33.0 Å². The van der Waals surface area contributed by atoms with E-state index in [0.717, 1.165) is 35.8 Å². The Kier molecular flexibility index (Phi) is 4.96. The molecule has 0 fully saturated rings. The van der Waals surface area contributed by atoms with Crippen LogP contribution in [-0.4, -0.2) is 21.3 Å². The lowest BCUT2D eigenvalue weighted by atomic mass is 10.1. The van der Waals surface area contributed by atoms with Gasteiger partial charge in [0.25, 0.3) is 0 Å². The third-order valence-electron chi connectivity index (χ3n) is 3.09. The van der Waals surface area contributed by atoms with Gasteiger partial charge in [-0.25, -0.2) is 0 Å². The SMILES string of the molecule is CCCNC(Cc1c(Cl)c(C)nn1C)c1cncs1. The van der Waals surface area contributed by atoms with Gasteiger partial charge >= 0.3 is 0 Å². The molecular formula is C13H19ClN4S. The third-order valence-corrected chi connectivity index (χ3v) is 4.48. The van der Waals surface area contributed by atoms with Gasteiger partial charge in [0.15, 0.2) is 0 Å². The van der Waals surface area contributed by atoms with Crippen molar-refractivity contribution < 1.29 is 0 Å². The van der Waals surface area contributed by atoms with E-state index in [0.29, 0.717) is 0 Å². The summed E-state index contributed by atoms with van der Waals surface area (Å²) in [7, 11) is 1.94. The second-order valence-corrected chi connectivity index (χ2v) is 5.88. The average Bonchev–Trinajstić information content (AvgIpc) is 2.98. The van der Waals surface area contributed by atoms with Crippen molar-refractivity contribution in [1.82, 2.24) is 20.1 Å². The molecule has 0 amide bonds. The van der Waals surface area contributed by atoms with E-state index in [4.69, 9.17) is 11.6 Å². The summed E-state index contributed by atoms with van der Waals surface area (Å²) in [4.78, 5) is 5.41. The van der Waals surface area contributed by atoms with Gasteiger partial charge in [-0.15, -0.1) is 11.3 Å². The van der Waals surface area contributed by atoms with Crippen LogP contribution in [0.1, 0.15) is 35.7 Å². The van der Waals surface area contributed by atoms with Crippen molar-refractivity contribution in [1.29, 1.82) is 0 Å². The normalized spacial score (nSPS) is 12.8. The van der Waals surface area contributed by atoms with Crippen LogP contribution in [0.2, 0.25) is 5.02 Å². The Morgan fingerprint density at radius 3 is 2.84 bits per heavy atom. The molecule has 1 unspecified atom stereocenters. The third kappa shape index (κ3) is 3.35. The molecule has 104 valence electrons. The number of hydrogen-bond donors (Lipinski definition) is 1. The fraction of sp³-hybridized carbons (Fsp3) is 0.538. The summed E-state index contributed by atoms with van der Waals surface area (Å²) in [5.41, 5.74) is 3.82. The highest BCUT2D eigenvalue weighted by Crippen LogP contribution is 2.27. The Morgan fingerprint density at radius 1 is 1.53 bits per heavy atom. The van der Waals surface area contributed by atoms with Crippen LogP contribution in [0.4, 0.5) is 0 Å². The first kappa shape index (κ1) is 14.5. The van der Waals surface area contributed by atoms with Crippen molar-refractivity contribution in [3.63, 3.8) is 0 Å². The Labute approximate surface area is 122 Å². The molecular weight excluding hydrogens is 280 g/mol. The van der Waals surface area contributed by atoms with Crippen molar-refractivity contribution >= 4 is 22.9 Å². The van der Waals surface area contributed by atoms with E-state index in [1.165, 1.54) is 4.88 Å². The zero-order valence-corrected chi connectivity index (χ0v) is 13.1. The van der Waals surface area contributed by atoms with Crippen molar-refractivity contribution in [2.24, 2.45) is 7.05 Å². The molecule has 0 spiro atoms. The van der Waals surface area contributed by atoms with Crippen LogP contribution in [0.25, 0.3) is 0 Å². The van der Waals surface area contributed by atoms with E-state index in [-0.39, 0.29) is 6.04 Å². The molecule has 0 saturated carbocycles. The molecule has 0 aliphatic carbocycles. The molecule has 1 atom stereocenters. The van der Waals surface area contributed by atoms with Crippen LogP contribution in [0.5, 0.6) is 0 Å². The van der Waals surface area contributed by atoms with Gasteiger partial charge in [-0.3, -0.25) is 9.67 Å². The van der Waals surface area contributed by atoms with Gasteiger partial charge in [-0.05, 0) is 19.9 Å². The maximum atomic E-state index is 6.33. The Hall–Kier alpha value is -0.910. The smallest absolute Gasteiger partial charge is 0.0847 e. The predicted octanol–water partition coefficient (Wildman–Crippen LogP) is 3.12. The lowest BCUT2D eigenvalue weighted by molar-refractivity contribution is 0.518. The maximum absolute atomic E-state index is 6.33. The fourth-order valence-electron chi connectivity index (χ4n) is 2.08. The number of nitrogens with zero attached hydrogens (tertiary/aromatic N) is 3. The van der Waals surface area contributed by atoms with E-state index in [1.54, 1.807) is 11.3 Å². The van der Waals surface area contributed by atoms with Crippen molar-refractivity contribution in [3.8, 4) is 0 Å². The number of thiazole rings is 1. The molecule has 0 aliphatic rings. The van der Waals surface area contributed by atoms with E-state index in [9.17, 15) is 0 Å². The summed E-state index contributed by atoms with van der Waals surface area (Å²) in [5.74, 6) is 0. The first-order chi connectivity index (χ1) is 9.13. The van der Waals surface area contributed by atoms with Crippen LogP contribution in [0.3, 0.4) is 0 Å². The van der Waals surface area contributed by atoms with Gasteiger partial charge in [0.05, 0.1) is 21.9 Å². The molecule has 0 saturated heterocycles. The second-order valence-electron chi connectivity index (χ2n) is 4.58. The largest absolute Gasteiger partial charge is 0.309 e.